The first-order valence-electron chi connectivity index (χ1n) is 12.7. The number of morpholine rings is 1. The molecule has 36 heavy (non-hydrogen) atoms. The molecule has 1 aliphatic carbocycles. The van der Waals surface area contributed by atoms with Crippen LogP contribution in [0.15, 0.2) is 6.07 Å². The highest BCUT2D eigenvalue weighted by Crippen LogP contribution is 2.37. The number of aliphatic hydroxyl groups is 1. The van der Waals surface area contributed by atoms with E-state index < -0.39 is 24.0 Å². The van der Waals surface area contributed by atoms with E-state index in [1.165, 1.54) is 11.8 Å². The minimum atomic E-state index is -1.24. The summed E-state index contributed by atoms with van der Waals surface area (Å²) >= 11 is 0.984. The number of carboxylic acids is 1. The van der Waals surface area contributed by atoms with Crippen LogP contribution in [0.2, 0.25) is 0 Å². The molecule has 1 saturated carbocycles. The molecule has 9 heteroatoms. The van der Waals surface area contributed by atoms with Crippen LogP contribution in [0.4, 0.5) is 5.69 Å². The van der Waals surface area contributed by atoms with Gasteiger partial charge in [-0.15, -0.1) is 11.3 Å². The van der Waals surface area contributed by atoms with E-state index in [1.807, 2.05) is 20.8 Å². The lowest BCUT2D eigenvalue weighted by atomic mass is 9.82. The minimum absolute atomic E-state index is 0.0637. The van der Waals surface area contributed by atoms with Crippen LogP contribution in [0, 0.1) is 29.1 Å². The van der Waals surface area contributed by atoms with Gasteiger partial charge >= 0.3 is 5.97 Å². The molecule has 0 unspecified atom stereocenters. The highest BCUT2D eigenvalue weighted by Gasteiger charge is 2.42. The molecule has 2 aliphatic rings. The van der Waals surface area contributed by atoms with Crippen molar-refractivity contribution >= 4 is 34.8 Å². The van der Waals surface area contributed by atoms with Crippen LogP contribution in [0.3, 0.4) is 0 Å². The smallest absolute Gasteiger partial charge is 0.348 e. The van der Waals surface area contributed by atoms with E-state index in [4.69, 9.17) is 4.74 Å². The summed E-state index contributed by atoms with van der Waals surface area (Å²) in [6.45, 7) is 10.9. The molecule has 3 rings (SSSR count). The van der Waals surface area contributed by atoms with Gasteiger partial charge in [0, 0.05) is 24.4 Å². The third kappa shape index (κ3) is 6.87. The number of amides is 2. The average Bonchev–Trinajstić information content (AvgIpc) is 3.25. The number of ether oxygens (including phenoxy) is 1. The number of anilines is 1. The number of rotatable bonds is 6. The Labute approximate surface area is 217 Å². The van der Waals surface area contributed by atoms with Gasteiger partial charge in [0.2, 0.25) is 11.8 Å². The molecule has 0 radical (unpaired) electrons. The van der Waals surface area contributed by atoms with Gasteiger partial charge in [0.1, 0.15) is 10.9 Å². The summed E-state index contributed by atoms with van der Waals surface area (Å²) in [5, 5.41) is 20.9. The van der Waals surface area contributed by atoms with Crippen molar-refractivity contribution in [2.75, 3.05) is 31.2 Å². The van der Waals surface area contributed by atoms with Gasteiger partial charge in [-0.3, -0.25) is 14.5 Å². The molecule has 1 aliphatic heterocycles. The van der Waals surface area contributed by atoms with Crippen molar-refractivity contribution in [2.24, 2.45) is 17.3 Å². The molecule has 2 N–H and O–H groups in total. The van der Waals surface area contributed by atoms with Crippen LogP contribution in [-0.2, 0) is 14.3 Å². The summed E-state index contributed by atoms with van der Waals surface area (Å²) in [6, 6.07) is 0.337. The number of hydrogen-bond donors (Lipinski definition) is 2. The van der Waals surface area contributed by atoms with Crippen molar-refractivity contribution in [1.82, 2.24) is 4.90 Å². The van der Waals surface area contributed by atoms with Crippen molar-refractivity contribution in [1.29, 1.82) is 0 Å². The topological polar surface area (TPSA) is 107 Å². The van der Waals surface area contributed by atoms with E-state index in [0.717, 1.165) is 24.2 Å². The maximum absolute atomic E-state index is 14.0. The van der Waals surface area contributed by atoms with Crippen LogP contribution in [0.1, 0.15) is 74.9 Å². The second-order valence-corrected chi connectivity index (χ2v) is 12.0. The van der Waals surface area contributed by atoms with Crippen molar-refractivity contribution < 1.29 is 29.3 Å². The molecular formula is C27H38N2O6S. The molecule has 1 aromatic heterocycles. The molecular weight excluding hydrogens is 480 g/mol. The van der Waals surface area contributed by atoms with Crippen LogP contribution < -0.4 is 4.90 Å². The monoisotopic (exact) mass is 518 g/mol. The van der Waals surface area contributed by atoms with E-state index in [-0.39, 0.29) is 27.8 Å². The fourth-order valence-electron chi connectivity index (χ4n) is 4.64. The molecule has 1 aromatic rings. The molecule has 0 bridgehead atoms. The first-order valence-corrected chi connectivity index (χ1v) is 13.5. The zero-order valence-electron chi connectivity index (χ0n) is 21.9. The Morgan fingerprint density at radius 1 is 1.17 bits per heavy atom. The quantitative estimate of drug-likeness (QED) is 0.557. The number of aliphatic hydroxyl groups excluding tert-OH is 1. The third-order valence-corrected chi connectivity index (χ3v) is 7.67. The Hall–Kier alpha value is -2.41. The molecule has 0 spiro atoms. The fraction of sp³-hybridized carbons (Fsp3) is 0.667. The lowest BCUT2D eigenvalue weighted by Crippen LogP contribution is -2.59. The molecule has 198 valence electrons. The maximum Gasteiger partial charge on any atom is 0.348 e. The van der Waals surface area contributed by atoms with Gasteiger partial charge < -0.3 is 19.8 Å². The summed E-state index contributed by atoms with van der Waals surface area (Å²) < 4.78 is 5.37. The normalized spacial score (nSPS) is 22.2. The number of hydrogen-bond acceptors (Lipinski definition) is 6. The molecule has 2 fully saturated rings. The largest absolute Gasteiger partial charge is 0.477 e. The summed E-state index contributed by atoms with van der Waals surface area (Å²) in [5.41, 5.74) is -0.169. The zero-order chi connectivity index (χ0) is 26.6. The second-order valence-electron chi connectivity index (χ2n) is 10.9. The Kier molecular flexibility index (Phi) is 9.20. The minimum Gasteiger partial charge on any atom is -0.477 e. The SMILES string of the molecule is CC1CCC(C(=O)N(c2cc(C#CC(C)(C)C)sc2C(=O)O)[C@H](C(=O)N2CCOCC2)[C@@H](C)O)CC1. The molecule has 2 atom stereocenters. The Bertz CT molecular complexity index is 1020. The second kappa shape index (κ2) is 11.8. The standard InChI is InChI=1S/C27H38N2O6S/c1-17-6-8-19(9-7-17)24(31)29(22(18(2)30)25(32)28-12-14-35-15-13-28)21-16-20(10-11-27(3,4)5)36-23(21)26(33)34/h16-19,22,30H,6-9,12-15H2,1-5H3,(H,33,34)/t17?,18-,19?,22+/m1/s1. The van der Waals surface area contributed by atoms with Gasteiger partial charge in [0.15, 0.2) is 0 Å². The summed E-state index contributed by atoms with van der Waals surface area (Å²) in [7, 11) is 0. The summed E-state index contributed by atoms with van der Waals surface area (Å²) in [4.78, 5) is 43.3. The van der Waals surface area contributed by atoms with E-state index >= 15 is 0 Å². The predicted molar refractivity (Wildman–Crippen MR) is 139 cm³/mol. The van der Waals surface area contributed by atoms with Crippen LogP contribution in [-0.4, -0.2) is 71.3 Å². The first-order chi connectivity index (χ1) is 16.9. The number of aromatic carboxylic acids is 1. The number of carbonyl (C=O) groups excluding carboxylic acids is 2. The lowest BCUT2D eigenvalue weighted by Gasteiger charge is -2.39. The molecule has 0 aromatic carbocycles. The molecule has 2 amide bonds. The average molecular weight is 519 g/mol. The van der Waals surface area contributed by atoms with Gasteiger partial charge in [-0.1, -0.05) is 18.8 Å². The van der Waals surface area contributed by atoms with E-state index in [9.17, 15) is 24.6 Å². The highest BCUT2D eigenvalue weighted by molar-refractivity contribution is 7.15. The van der Waals surface area contributed by atoms with E-state index in [0.29, 0.717) is 49.9 Å². The van der Waals surface area contributed by atoms with Gasteiger partial charge in [0.25, 0.3) is 0 Å². The van der Waals surface area contributed by atoms with Crippen molar-refractivity contribution in [3.63, 3.8) is 0 Å². The van der Waals surface area contributed by atoms with Crippen LogP contribution in [0.5, 0.6) is 0 Å². The first kappa shape index (κ1) is 28.2. The lowest BCUT2D eigenvalue weighted by molar-refractivity contribution is -0.141. The van der Waals surface area contributed by atoms with Gasteiger partial charge in [0.05, 0.1) is 29.9 Å². The zero-order valence-corrected chi connectivity index (χ0v) is 22.7. The van der Waals surface area contributed by atoms with Crippen molar-refractivity contribution in [2.45, 2.75) is 72.4 Å². The van der Waals surface area contributed by atoms with Crippen molar-refractivity contribution in [3.05, 3.63) is 15.8 Å². The number of thiophene rings is 1. The highest BCUT2D eigenvalue weighted by atomic mass is 32.1. The number of carboxylic acid groups (broad SMARTS) is 1. The summed E-state index contributed by atoms with van der Waals surface area (Å²) in [5.74, 6) is 4.39. The van der Waals surface area contributed by atoms with E-state index in [1.54, 1.807) is 11.0 Å². The molecule has 1 saturated heterocycles. The van der Waals surface area contributed by atoms with Gasteiger partial charge in [-0.2, -0.15) is 0 Å². The molecule has 8 nitrogen and oxygen atoms in total. The number of nitrogens with zero attached hydrogens (tertiary/aromatic N) is 2. The third-order valence-electron chi connectivity index (χ3n) is 6.64. The van der Waals surface area contributed by atoms with Crippen molar-refractivity contribution in [3.8, 4) is 11.8 Å². The Morgan fingerprint density at radius 2 is 1.78 bits per heavy atom. The van der Waals surface area contributed by atoms with Crippen LogP contribution in [0.25, 0.3) is 0 Å². The maximum atomic E-state index is 14.0. The Morgan fingerprint density at radius 3 is 2.31 bits per heavy atom. The Balaban J connectivity index is 2.11. The van der Waals surface area contributed by atoms with Gasteiger partial charge in [-0.25, -0.2) is 4.79 Å². The fourth-order valence-corrected chi connectivity index (χ4v) is 5.48. The van der Waals surface area contributed by atoms with Gasteiger partial charge in [-0.05, 0) is 65.4 Å². The predicted octanol–water partition coefficient (Wildman–Crippen LogP) is 3.61. The number of carbonyl (C=O) groups is 3. The van der Waals surface area contributed by atoms with E-state index in [2.05, 4.69) is 18.8 Å². The van der Waals surface area contributed by atoms with Crippen LogP contribution >= 0.6 is 11.3 Å². The summed E-state index contributed by atoms with van der Waals surface area (Å²) in [6.07, 6.45) is 1.89. The molecule has 2 heterocycles.